The minimum Gasteiger partial charge on any atom is -0.324 e. The molecule has 0 atom stereocenters. The Morgan fingerprint density at radius 3 is 2.54 bits per heavy atom. The van der Waals surface area contributed by atoms with Crippen LogP contribution in [0.25, 0.3) is 0 Å². The largest absolute Gasteiger partial charge is 0.324 e. The van der Waals surface area contributed by atoms with Gasteiger partial charge in [-0.15, -0.1) is 10.2 Å². The van der Waals surface area contributed by atoms with E-state index < -0.39 is 0 Å². The van der Waals surface area contributed by atoms with Crippen molar-refractivity contribution in [1.29, 1.82) is 0 Å². The van der Waals surface area contributed by atoms with Crippen LogP contribution < -0.4 is 10.9 Å². The van der Waals surface area contributed by atoms with Crippen LogP contribution in [0.1, 0.15) is 23.7 Å². The monoisotopic (exact) mass is 340 g/mol. The number of rotatable bonds is 5. The third-order valence-corrected chi connectivity index (χ3v) is 3.95. The van der Waals surface area contributed by atoms with Crippen LogP contribution in [0, 0.1) is 0 Å². The molecule has 0 amide bonds. The van der Waals surface area contributed by atoms with Gasteiger partial charge in [0.1, 0.15) is 5.69 Å². The molecule has 0 aliphatic carbocycles. The minimum absolute atomic E-state index is 0.253. The summed E-state index contributed by atoms with van der Waals surface area (Å²) in [6.45, 7) is 2.07. The summed E-state index contributed by atoms with van der Waals surface area (Å²) in [7, 11) is 0. The van der Waals surface area contributed by atoms with Crippen LogP contribution in [0.3, 0.4) is 0 Å². The fourth-order valence-electron chi connectivity index (χ4n) is 2.41. The molecule has 0 radical (unpaired) electrons. The molecule has 122 valence electrons. The Kier molecular flexibility index (Phi) is 4.91. The zero-order chi connectivity index (χ0) is 16.9. The molecule has 2 N–H and O–H groups in total. The Labute approximate surface area is 144 Å². The van der Waals surface area contributed by atoms with Gasteiger partial charge in [-0.25, -0.2) is 0 Å². The minimum atomic E-state index is -0.253. The lowest BCUT2D eigenvalue weighted by atomic mass is 10.1. The third-order valence-electron chi connectivity index (χ3n) is 3.70. The molecular formula is C18H17ClN4O. The predicted octanol–water partition coefficient (Wildman–Crippen LogP) is 3.72. The average molecular weight is 341 g/mol. The van der Waals surface area contributed by atoms with Crippen molar-refractivity contribution in [2.45, 2.75) is 19.8 Å². The molecule has 5 nitrogen and oxygen atoms in total. The fourth-order valence-corrected chi connectivity index (χ4v) is 2.53. The molecule has 0 fully saturated rings. The van der Waals surface area contributed by atoms with Gasteiger partial charge in [-0.05, 0) is 35.7 Å². The maximum atomic E-state index is 12.2. The SMILES string of the molecule is CCc1ccccc1Nc1nnc(Cc2ccc(Cl)cc2)c(=O)[nH]1. The highest BCUT2D eigenvalue weighted by atomic mass is 35.5. The molecule has 0 saturated carbocycles. The van der Waals surface area contributed by atoms with Gasteiger partial charge in [-0.1, -0.05) is 48.9 Å². The lowest BCUT2D eigenvalue weighted by molar-refractivity contribution is 0.873. The highest BCUT2D eigenvalue weighted by Crippen LogP contribution is 2.18. The van der Waals surface area contributed by atoms with E-state index in [-0.39, 0.29) is 5.56 Å². The number of benzene rings is 2. The average Bonchev–Trinajstić information content (AvgIpc) is 2.60. The Morgan fingerprint density at radius 2 is 1.83 bits per heavy atom. The summed E-state index contributed by atoms with van der Waals surface area (Å²) in [4.78, 5) is 15.0. The van der Waals surface area contributed by atoms with Gasteiger partial charge in [0.05, 0.1) is 0 Å². The number of halogens is 1. The maximum absolute atomic E-state index is 12.2. The Balaban J connectivity index is 1.79. The van der Waals surface area contributed by atoms with Gasteiger partial charge in [0.25, 0.3) is 5.56 Å². The highest BCUT2D eigenvalue weighted by Gasteiger charge is 2.07. The normalized spacial score (nSPS) is 10.6. The summed E-state index contributed by atoms with van der Waals surface area (Å²) in [5.74, 6) is 0.334. The number of aromatic nitrogens is 3. The van der Waals surface area contributed by atoms with Gasteiger partial charge in [-0.3, -0.25) is 9.78 Å². The molecular weight excluding hydrogens is 324 g/mol. The summed E-state index contributed by atoms with van der Waals surface area (Å²) in [5.41, 5.74) is 3.13. The number of hydrogen-bond acceptors (Lipinski definition) is 4. The van der Waals surface area contributed by atoms with Gasteiger partial charge >= 0.3 is 0 Å². The van der Waals surface area contributed by atoms with Crippen LogP contribution in [0.2, 0.25) is 5.02 Å². The van der Waals surface area contributed by atoms with Crippen molar-refractivity contribution in [1.82, 2.24) is 15.2 Å². The number of aromatic amines is 1. The number of anilines is 2. The molecule has 3 aromatic rings. The predicted molar refractivity (Wildman–Crippen MR) is 96.0 cm³/mol. The first-order valence-electron chi connectivity index (χ1n) is 7.71. The molecule has 0 unspecified atom stereocenters. The number of para-hydroxylation sites is 1. The zero-order valence-electron chi connectivity index (χ0n) is 13.2. The van der Waals surface area contributed by atoms with E-state index in [9.17, 15) is 4.79 Å². The molecule has 0 aliphatic rings. The number of H-pyrrole nitrogens is 1. The topological polar surface area (TPSA) is 70.7 Å². The number of nitrogens with zero attached hydrogens (tertiary/aromatic N) is 2. The Hall–Kier alpha value is -2.66. The first kappa shape index (κ1) is 16.2. The molecule has 1 aromatic heterocycles. The second-order valence-corrected chi connectivity index (χ2v) is 5.82. The van der Waals surface area contributed by atoms with Crippen molar-refractivity contribution in [2.75, 3.05) is 5.32 Å². The van der Waals surface area contributed by atoms with Crippen LogP contribution in [0.5, 0.6) is 0 Å². The number of hydrogen-bond donors (Lipinski definition) is 2. The molecule has 1 heterocycles. The van der Waals surface area contributed by atoms with Crippen LogP contribution in [0.4, 0.5) is 11.6 Å². The van der Waals surface area contributed by atoms with E-state index in [1.165, 1.54) is 0 Å². The lowest BCUT2D eigenvalue weighted by Gasteiger charge is -2.09. The first-order chi connectivity index (χ1) is 11.7. The second-order valence-electron chi connectivity index (χ2n) is 5.39. The molecule has 2 aromatic carbocycles. The van der Waals surface area contributed by atoms with E-state index in [4.69, 9.17) is 11.6 Å². The van der Waals surface area contributed by atoms with Crippen molar-refractivity contribution in [3.63, 3.8) is 0 Å². The fraction of sp³-hybridized carbons (Fsp3) is 0.167. The van der Waals surface area contributed by atoms with Gasteiger partial charge in [0.2, 0.25) is 5.95 Å². The van der Waals surface area contributed by atoms with E-state index in [2.05, 4.69) is 27.4 Å². The number of aryl methyl sites for hydroxylation is 1. The molecule has 6 heteroatoms. The lowest BCUT2D eigenvalue weighted by Crippen LogP contribution is -2.19. The molecule has 0 saturated heterocycles. The van der Waals surface area contributed by atoms with Crippen molar-refractivity contribution in [3.8, 4) is 0 Å². The van der Waals surface area contributed by atoms with Crippen LogP contribution in [-0.4, -0.2) is 15.2 Å². The zero-order valence-corrected chi connectivity index (χ0v) is 14.0. The summed E-state index contributed by atoms with van der Waals surface area (Å²) >= 11 is 5.86. The second kappa shape index (κ2) is 7.27. The van der Waals surface area contributed by atoms with Gasteiger partial charge in [0, 0.05) is 17.1 Å². The highest BCUT2D eigenvalue weighted by molar-refractivity contribution is 6.30. The number of nitrogens with one attached hydrogen (secondary N) is 2. The van der Waals surface area contributed by atoms with Gasteiger partial charge in [-0.2, -0.15) is 0 Å². The standard InChI is InChI=1S/C18H17ClN4O/c1-2-13-5-3-4-6-15(13)20-18-21-17(24)16(22-23-18)11-12-7-9-14(19)10-8-12/h3-10H,2,11H2,1H3,(H2,20,21,23,24). The summed E-state index contributed by atoms with van der Waals surface area (Å²) in [5, 5.41) is 11.9. The molecule has 0 bridgehead atoms. The Morgan fingerprint density at radius 1 is 1.08 bits per heavy atom. The van der Waals surface area contributed by atoms with Gasteiger partial charge in [0.15, 0.2) is 0 Å². The Bertz CT molecular complexity index is 890. The molecule has 24 heavy (non-hydrogen) atoms. The van der Waals surface area contributed by atoms with Crippen molar-refractivity contribution in [3.05, 3.63) is 80.7 Å². The molecule has 3 rings (SSSR count). The van der Waals surface area contributed by atoms with Crippen LogP contribution in [-0.2, 0) is 12.8 Å². The van der Waals surface area contributed by atoms with E-state index in [0.717, 1.165) is 23.2 Å². The third kappa shape index (κ3) is 3.81. The van der Waals surface area contributed by atoms with Crippen LogP contribution >= 0.6 is 11.6 Å². The summed E-state index contributed by atoms with van der Waals surface area (Å²) in [6, 6.07) is 15.2. The molecule has 0 spiro atoms. The molecule has 0 aliphatic heterocycles. The van der Waals surface area contributed by atoms with Crippen molar-refractivity contribution < 1.29 is 0 Å². The van der Waals surface area contributed by atoms with Crippen molar-refractivity contribution >= 4 is 23.2 Å². The maximum Gasteiger partial charge on any atom is 0.274 e. The van der Waals surface area contributed by atoms with Crippen molar-refractivity contribution in [2.24, 2.45) is 0 Å². The first-order valence-corrected chi connectivity index (χ1v) is 8.08. The van der Waals surface area contributed by atoms with Gasteiger partial charge < -0.3 is 5.32 Å². The van der Waals surface area contributed by atoms with E-state index >= 15 is 0 Å². The van der Waals surface area contributed by atoms with E-state index in [0.29, 0.717) is 23.1 Å². The quantitative estimate of drug-likeness (QED) is 0.742. The summed E-state index contributed by atoms with van der Waals surface area (Å²) in [6.07, 6.45) is 1.29. The van der Waals surface area contributed by atoms with Crippen LogP contribution in [0.15, 0.2) is 53.3 Å². The summed E-state index contributed by atoms with van der Waals surface area (Å²) < 4.78 is 0. The van der Waals surface area contributed by atoms with E-state index in [1.54, 1.807) is 12.1 Å². The van der Waals surface area contributed by atoms with E-state index in [1.807, 2.05) is 36.4 Å². The smallest absolute Gasteiger partial charge is 0.274 e.